The standard InChI is InChI=1S/C27H52NO/c1-5-7-8-9-10-11-12-13-14-15-16-17-18-19-20-21-22-23-24-25-27(29)28(3,4)26-6-2/h6,13-14H,2,5,7-12,15-26H2,1,3-4H3/q+1/b14-13-. The summed E-state index contributed by atoms with van der Waals surface area (Å²) in [5.41, 5.74) is 0. The zero-order valence-electron chi connectivity index (χ0n) is 20.2. The van der Waals surface area contributed by atoms with Gasteiger partial charge in [-0.15, -0.1) is 0 Å². The molecule has 0 aliphatic rings. The van der Waals surface area contributed by atoms with E-state index >= 15 is 0 Å². The third-order valence-electron chi connectivity index (χ3n) is 5.91. The van der Waals surface area contributed by atoms with E-state index in [4.69, 9.17) is 0 Å². The van der Waals surface area contributed by atoms with Gasteiger partial charge in [-0.2, -0.15) is 0 Å². The van der Waals surface area contributed by atoms with Crippen molar-refractivity contribution in [1.29, 1.82) is 0 Å². The summed E-state index contributed by atoms with van der Waals surface area (Å²) in [6.07, 6.45) is 30.0. The van der Waals surface area contributed by atoms with E-state index in [1.54, 1.807) is 0 Å². The Morgan fingerprint density at radius 2 is 1.10 bits per heavy atom. The first-order chi connectivity index (χ1) is 14.0. The van der Waals surface area contributed by atoms with E-state index in [0.717, 1.165) is 13.0 Å². The Hall–Kier alpha value is -0.890. The third kappa shape index (κ3) is 18.9. The van der Waals surface area contributed by atoms with Crippen molar-refractivity contribution < 1.29 is 9.28 Å². The van der Waals surface area contributed by atoms with Crippen LogP contribution in [0.2, 0.25) is 0 Å². The Labute approximate surface area is 183 Å². The number of allylic oxidation sites excluding steroid dienone is 2. The minimum atomic E-state index is 0.339. The van der Waals surface area contributed by atoms with Crippen LogP contribution in [0, 0.1) is 0 Å². The van der Waals surface area contributed by atoms with E-state index in [0.29, 0.717) is 16.8 Å². The molecule has 0 heterocycles. The van der Waals surface area contributed by atoms with Crippen LogP contribution in [0.3, 0.4) is 0 Å². The largest absolute Gasteiger partial charge is 0.313 e. The Morgan fingerprint density at radius 1 is 0.690 bits per heavy atom. The number of unbranched alkanes of at least 4 members (excludes halogenated alkanes) is 15. The van der Waals surface area contributed by atoms with Crippen LogP contribution in [0.15, 0.2) is 24.8 Å². The molecular weight excluding hydrogens is 354 g/mol. The van der Waals surface area contributed by atoms with Gasteiger partial charge in [-0.1, -0.05) is 103 Å². The lowest BCUT2D eigenvalue weighted by molar-refractivity contribution is -0.807. The highest BCUT2D eigenvalue weighted by Gasteiger charge is 2.23. The molecule has 0 saturated heterocycles. The van der Waals surface area contributed by atoms with E-state index in [9.17, 15) is 4.79 Å². The van der Waals surface area contributed by atoms with Crippen LogP contribution in [0.4, 0.5) is 0 Å². The van der Waals surface area contributed by atoms with Crippen molar-refractivity contribution >= 4 is 5.91 Å². The number of amides is 1. The number of quaternary nitrogens is 1. The average Bonchev–Trinajstić information content (AvgIpc) is 2.69. The van der Waals surface area contributed by atoms with E-state index in [-0.39, 0.29) is 0 Å². The van der Waals surface area contributed by atoms with Crippen molar-refractivity contribution in [3.8, 4) is 0 Å². The minimum absolute atomic E-state index is 0.339. The maximum absolute atomic E-state index is 12.2. The Balaban J connectivity index is 3.29. The topological polar surface area (TPSA) is 17.1 Å². The number of carbonyl (C=O) groups excluding carboxylic acids is 1. The van der Waals surface area contributed by atoms with Crippen LogP contribution in [0.1, 0.15) is 122 Å². The van der Waals surface area contributed by atoms with Gasteiger partial charge in [0, 0.05) is 0 Å². The second-order valence-corrected chi connectivity index (χ2v) is 9.30. The SMILES string of the molecule is C=CC[N+](C)(C)C(=O)CCCCCCCCCCC/C=C\CCCCCCCC. The molecule has 0 radical (unpaired) electrons. The molecule has 0 fully saturated rings. The second kappa shape index (κ2) is 20.4. The summed E-state index contributed by atoms with van der Waals surface area (Å²) in [7, 11) is 3.96. The molecule has 0 rings (SSSR count). The lowest BCUT2D eigenvalue weighted by Gasteiger charge is -2.25. The molecule has 0 aliphatic heterocycles. The smallest absolute Gasteiger partial charge is 0.262 e. The van der Waals surface area contributed by atoms with Gasteiger partial charge < -0.3 is 0 Å². The fourth-order valence-corrected chi connectivity index (χ4v) is 3.78. The van der Waals surface area contributed by atoms with Gasteiger partial charge in [0.2, 0.25) is 0 Å². The number of hydrogen-bond donors (Lipinski definition) is 0. The van der Waals surface area contributed by atoms with Gasteiger partial charge in [-0.25, -0.2) is 4.79 Å². The molecule has 0 unspecified atom stereocenters. The molecule has 2 heteroatoms. The molecule has 0 spiro atoms. The maximum atomic E-state index is 12.2. The fourth-order valence-electron chi connectivity index (χ4n) is 3.78. The second-order valence-electron chi connectivity index (χ2n) is 9.30. The first-order valence-corrected chi connectivity index (χ1v) is 12.7. The van der Waals surface area contributed by atoms with Crippen LogP contribution in [0.25, 0.3) is 0 Å². The fraction of sp³-hybridized carbons (Fsp3) is 0.815. The van der Waals surface area contributed by atoms with Gasteiger partial charge in [0.25, 0.3) is 0 Å². The van der Waals surface area contributed by atoms with Crippen LogP contribution < -0.4 is 0 Å². The number of likely N-dealkylation sites (N-methyl/N-ethyl adjacent to an activating group) is 1. The molecule has 0 aromatic heterocycles. The molecular formula is C27H52NO+. The number of carbonyl (C=O) groups is 1. The summed E-state index contributed by atoms with van der Waals surface area (Å²) in [4.78, 5) is 12.2. The van der Waals surface area contributed by atoms with Crippen LogP contribution in [0.5, 0.6) is 0 Å². The van der Waals surface area contributed by atoms with Crippen molar-refractivity contribution in [3.05, 3.63) is 24.8 Å². The summed E-state index contributed by atoms with van der Waals surface area (Å²) in [6, 6.07) is 0. The van der Waals surface area contributed by atoms with Crippen LogP contribution in [-0.2, 0) is 4.79 Å². The average molecular weight is 407 g/mol. The van der Waals surface area contributed by atoms with Crippen molar-refractivity contribution in [1.82, 2.24) is 0 Å². The van der Waals surface area contributed by atoms with Crippen LogP contribution in [-0.4, -0.2) is 31.0 Å². The van der Waals surface area contributed by atoms with Crippen LogP contribution >= 0.6 is 0 Å². The van der Waals surface area contributed by atoms with Gasteiger partial charge in [0.15, 0.2) is 0 Å². The Morgan fingerprint density at radius 3 is 1.55 bits per heavy atom. The quantitative estimate of drug-likeness (QED) is 0.106. The zero-order chi connectivity index (χ0) is 21.6. The number of nitrogens with zero attached hydrogens (tertiary/aromatic N) is 1. The molecule has 1 amide bonds. The molecule has 0 N–H and O–H groups in total. The number of hydrogen-bond acceptors (Lipinski definition) is 1. The van der Waals surface area contributed by atoms with Gasteiger partial charge in [0.1, 0.15) is 6.54 Å². The highest BCUT2D eigenvalue weighted by Crippen LogP contribution is 2.13. The predicted molar refractivity (Wildman–Crippen MR) is 130 cm³/mol. The first kappa shape index (κ1) is 28.1. The summed E-state index contributed by atoms with van der Waals surface area (Å²) in [5, 5.41) is 0. The van der Waals surface area contributed by atoms with Crippen molar-refractivity contribution in [2.45, 2.75) is 122 Å². The highest BCUT2D eigenvalue weighted by molar-refractivity contribution is 5.68. The van der Waals surface area contributed by atoms with Crippen molar-refractivity contribution in [2.24, 2.45) is 0 Å². The predicted octanol–water partition coefficient (Wildman–Crippen LogP) is 8.37. The van der Waals surface area contributed by atoms with E-state index in [2.05, 4.69) is 25.7 Å². The molecule has 29 heavy (non-hydrogen) atoms. The highest BCUT2D eigenvalue weighted by atomic mass is 16.2. The van der Waals surface area contributed by atoms with E-state index in [1.165, 1.54) is 103 Å². The van der Waals surface area contributed by atoms with Gasteiger partial charge in [0.05, 0.1) is 20.5 Å². The monoisotopic (exact) mass is 406 g/mol. The number of rotatable bonds is 21. The molecule has 0 saturated carbocycles. The third-order valence-corrected chi connectivity index (χ3v) is 5.91. The lowest BCUT2D eigenvalue weighted by Crippen LogP contribution is -2.45. The molecule has 0 aromatic rings. The molecule has 0 bridgehead atoms. The minimum Gasteiger partial charge on any atom is -0.262 e. The van der Waals surface area contributed by atoms with E-state index < -0.39 is 0 Å². The Kier molecular flexibility index (Phi) is 19.8. The van der Waals surface area contributed by atoms with E-state index in [1.807, 2.05) is 20.2 Å². The lowest BCUT2D eigenvalue weighted by atomic mass is 10.0. The van der Waals surface area contributed by atoms with Gasteiger partial charge in [-0.3, -0.25) is 4.48 Å². The van der Waals surface area contributed by atoms with Crippen molar-refractivity contribution in [3.63, 3.8) is 0 Å². The normalized spacial score (nSPS) is 12.0. The van der Waals surface area contributed by atoms with Gasteiger partial charge >= 0.3 is 5.91 Å². The maximum Gasteiger partial charge on any atom is 0.313 e. The van der Waals surface area contributed by atoms with Crippen molar-refractivity contribution in [2.75, 3.05) is 20.6 Å². The molecule has 0 aliphatic carbocycles. The molecule has 170 valence electrons. The molecule has 0 aromatic carbocycles. The molecule has 0 atom stereocenters. The first-order valence-electron chi connectivity index (χ1n) is 12.7. The summed E-state index contributed by atoms with van der Waals surface area (Å²) < 4.78 is 0.442. The zero-order valence-corrected chi connectivity index (χ0v) is 20.2. The molecule has 2 nitrogen and oxygen atoms in total. The van der Waals surface area contributed by atoms with Gasteiger partial charge in [-0.05, 0) is 38.2 Å². The summed E-state index contributed by atoms with van der Waals surface area (Å²) in [6.45, 7) is 6.75. The summed E-state index contributed by atoms with van der Waals surface area (Å²) >= 11 is 0. The summed E-state index contributed by atoms with van der Waals surface area (Å²) in [5.74, 6) is 0.339. The Bertz CT molecular complexity index is 411.